The molecule has 27 heavy (non-hydrogen) atoms. The molecular formula is C21H25Cl2N3O. The summed E-state index contributed by atoms with van der Waals surface area (Å²) < 4.78 is 5.92. The molecule has 6 heteroatoms. The normalized spacial score (nSPS) is 13.8. The Hall–Kier alpha value is -1.88. The Morgan fingerprint density at radius 3 is 2.15 bits per heavy atom. The topological polar surface area (TPSA) is 42.2 Å². The van der Waals surface area contributed by atoms with Crippen LogP contribution in [0.3, 0.4) is 0 Å². The third-order valence-corrected chi connectivity index (χ3v) is 4.90. The smallest absolute Gasteiger partial charge is 0.226 e. The van der Waals surface area contributed by atoms with E-state index in [1.165, 1.54) is 31.5 Å². The number of hydrogen-bond donors (Lipinski definition) is 0. The van der Waals surface area contributed by atoms with E-state index in [1.807, 2.05) is 31.5 Å². The first-order valence-electron chi connectivity index (χ1n) is 8.99. The third-order valence-electron chi connectivity index (χ3n) is 4.90. The van der Waals surface area contributed by atoms with Gasteiger partial charge in [-0.15, -0.1) is 24.8 Å². The molecule has 1 aliphatic heterocycles. The van der Waals surface area contributed by atoms with Crippen LogP contribution in [0.5, 0.6) is 0 Å². The molecule has 4 rings (SSSR count). The van der Waals surface area contributed by atoms with E-state index in [0.29, 0.717) is 0 Å². The van der Waals surface area contributed by atoms with Crippen molar-refractivity contribution in [3.05, 3.63) is 60.2 Å². The van der Waals surface area contributed by atoms with Gasteiger partial charge in [0.1, 0.15) is 5.76 Å². The van der Waals surface area contributed by atoms with Gasteiger partial charge in [-0.1, -0.05) is 12.1 Å². The highest BCUT2D eigenvalue weighted by Gasteiger charge is 2.15. The van der Waals surface area contributed by atoms with E-state index in [-0.39, 0.29) is 24.8 Å². The molecule has 4 nitrogen and oxygen atoms in total. The highest BCUT2D eigenvalue weighted by atomic mass is 35.5. The summed E-state index contributed by atoms with van der Waals surface area (Å²) in [6.45, 7) is 5.54. The molecule has 0 N–H and O–H groups in total. The Morgan fingerprint density at radius 2 is 1.48 bits per heavy atom. The fraction of sp³-hybridized carbons (Fsp3) is 0.333. The number of aryl methyl sites for hydroxylation is 1. The van der Waals surface area contributed by atoms with Crippen molar-refractivity contribution in [2.45, 2.75) is 26.2 Å². The average Bonchev–Trinajstić information content (AvgIpc) is 3.30. The molecule has 1 aromatic carbocycles. The zero-order chi connectivity index (χ0) is 17.1. The molecule has 0 bridgehead atoms. The van der Waals surface area contributed by atoms with Crippen molar-refractivity contribution in [3.63, 3.8) is 0 Å². The van der Waals surface area contributed by atoms with Crippen LogP contribution in [-0.4, -0.2) is 34.5 Å². The molecule has 1 fully saturated rings. The fourth-order valence-corrected chi connectivity index (χ4v) is 3.40. The summed E-state index contributed by atoms with van der Waals surface area (Å²) in [5.74, 6) is 1.66. The molecule has 2 aromatic heterocycles. The van der Waals surface area contributed by atoms with Crippen LogP contribution in [-0.2, 0) is 6.42 Å². The lowest BCUT2D eigenvalue weighted by atomic mass is 10.1. The lowest BCUT2D eigenvalue weighted by Gasteiger charge is -2.12. The van der Waals surface area contributed by atoms with Gasteiger partial charge in [-0.25, -0.2) is 4.98 Å². The monoisotopic (exact) mass is 405 g/mol. The number of likely N-dealkylation sites (tertiary alicyclic amines) is 1. The average molecular weight is 406 g/mol. The zero-order valence-electron chi connectivity index (χ0n) is 15.4. The molecule has 3 aromatic rings. The van der Waals surface area contributed by atoms with E-state index in [0.717, 1.165) is 41.4 Å². The zero-order valence-corrected chi connectivity index (χ0v) is 17.1. The van der Waals surface area contributed by atoms with E-state index < -0.39 is 0 Å². The Bertz CT molecular complexity index is 828. The molecule has 0 unspecified atom stereocenters. The van der Waals surface area contributed by atoms with Gasteiger partial charge < -0.3 is 9.32 Å². The van der Waals surface area contributed by atoms with Crippen molar-refractivity contribution in [1.29, 1.82) is 0 Å². The second kappa shape index (κ2) is 9.88. The van der Waals surface area contributed by atoms with Crippen LogP contribution in [0, 0.1) is 6.92 Å². The SMILES string of the molecule is Cc1oc(-c2ccc(-c3ccncc3)cc2)nc1CCN1CCCC1.Cl.Cl. The van der Waals surface area contributed by atoms with E-state index in [1.54, 1.807) is 0 Å². The molecule has 0 saturated carbocycles. The molecule has 0 atom stereocenters. The number of oxazole rings is 1. The lowest BCUT2D eigenvalue weighted by Crippen LogP contribution is -2.22. The highest BCUT2D eigenvalue weighted by molar-refractivity contribution is 5.85. The molecule has 0 amide bonds. The molecule has 0 aliphatic carbocycles. The van der Waals surface area contributed by atoms with Crippen LogP contribution in [0.15, 0.2) is 53.2 Å². The first kappa shape index (κ1) is 21.4. The second-order valence-corrected chi connectivity index (χ2v) is 6.63. The molecule has 1 aliphatic rings. The van der Waals surface area contributed by atoms with Gasteiger partial charge in [0, 0.05) is 30.9 Å². The molecular weight excluding hydrogens is 381 g/mol. The van der Waals surface area contributed by atoms with Crippen LogP contribution >= 0.6 is 24.8 Å². The van der Waals surface area contributed by atoms with Gasteiger partial charge in [-0.3, -0.25) is 4.98 Å². The van der Waals surface area contributed by atoms with E-state index in [2.05, 4.69) is 34.1 Å². The van der Waals surface area contributed by atoms with E-state index >= 15 is 0 Å². The summed E-state index contributed by atoms with van der Waals surface area (Å²) in [4.78, 5) is 11.3. The van der Waals surface area contributed by atoms with Gasteiger partial charge in [0.25, 0.3) is 0 Å². The maximum absolute atomic E-state index is 5.92. The predicted molar refractivity (Wildman–Crippen MR) is 114 cm³/mol. The minimum absolute atomic E-state index is 0. The van der Waals surface area contributed by atoms with Gasteiger partial charge in [0.2, 0.25) is 5.89 Å². The van der Waals surface area contributed by atoms with Crippen molar-refractivity contribution in [2.24, 2.45) is 0 Å². The quantitative estimate of drug-likeness (QED) is 0.585. The minimum atomic E-state index is 0. The van der Waals surface area contributed by atoms with Gasteiger partial charge in [0.15, 0.2) is 0 Å². The fourth-order valence-electron chi connectivity index (χ4n) is 3.40. The maximum Gasteiger partial charge on any atom is 0.226 e. The van der Waals surface area contributed by atoms with Crippen molar-refractivity contribution >= 4 is 24.8 Å². The number of benzene rings is 1. The summed E-state index contributed by atoms with van der Waals surface area (Å²) in [5.41, 5.74) is 4.44. The Morgan fingerprint density at radius 1 is 0.889 bits per heavy atom. The van der Waals surface area contributed by atoms with Gasteiger partial charge in [-0.2, -0.15) is 0 Å². The van der Waals surface area contributed by atoms with Crippen molar-refractivity contribution in [1.82, 2.24) is 14.9 Å². The Kier molecular flexibility index (Phi) is 7.84. The van der Waals surface area contributed by atoms with Crippen LogP contribution in [0.4, 0.5) is 0 Å². The first-order valence-corrected chi connectivity index (χ1v) is 8.99. The van der Waals surface area contributed by atoms with Crippen LogP contribution in [0.25, 0.3) is 22.6 Å². The summed E-state index contributed by atoms with van der Waals surface area (Å²) in [6, 6.07) is 12.4. The summed E-state index contributed by atoms with van der Waals surface area (Å²) >= 11 is 0. The summed E-state index contributed by atoms with van der Waals surface area (Å²) in [7, 11) is 0. The second-order valence-electron chi connectivity index (χ2n) is 6.63. The van der Waals surface area contributed by atoms with Crippen molar-refractivity contribution in [2.75, 3.05) is 19.6 Å². The number of halogens is 2. The molecule has 0 radical (unpaired) electrons. The maximum atomic E-state index is 5.92. The highest BCUT2D eigenvalue weighted by Crippen LogP contribution is 2.26. The van der Waals surface area contributed by atoms with Crippen LogP contribution in [0.1, 0.15) is 24.3 Å². The van der Waals surface area contributed by atoms with E-state index in [4.69, 9.17) is 9.40 Å². The third kappa shape index (κ3) is 5.10. The first-order chi connectivity index (χ1) is 12.3. The standard InChI is InChI=1S/C21H23N3O.2ClH/c1-16-20(10-15-24-13-2-3-14-24)23-21(25-16)19-6-4-17(5-7-19)18-8-11-22-12-9-18;;/h4-9,11-12H,2-3,10,13-15H2,1H3;2*1H. The van der Waals surface area contributed by atoms with Gasteiger partial charge in [0.05, 0.1) is 5.69 Å². The number of aromatic nitrogens is 2. The molecule has 0 spiro atoms. The lowest BCUT2D eigenvalue weighted by molar-refractivity contribution is 0.341. The van der Waals surface area contributed by atoms with Gasteiger partial charge >= 0.3 is 0 Å². The van der Waals surface area contributed by atoms with Crippen molar-refractivity contribution in [3.8, 4) is 22.6 Å². The van der Waals surface area contributed by atoms with Crippen LogP contribution in [0.2, 0.25) is 0 Å². The molecule has 1 saturated heterocycles. The minimum Gasteiger partial charge on any atom is -0.441 e. The Balaban J connectivity index is 0.00000131. The summed E-state index contributed by atoms with van der Waals surface area (Å²) in [5, 5.41) is 0. The number of hydrogen-bond acceptors (Lipinski definition) is 4. The van der Waals surface area contributed by atoms with E-state index in [9.17, 15) is 0 Å². The number of pyridine rings is 1. The molecule has 3 heterocycles. The summed E-state index contributed by atoms with van der Waals surface area (Å²) in [6.07, 6.45) is 7.24. The number of rotatable bonds is 5. The van der Waals surface area contributed by atoms with Crippen LogP contribution < -0.4 is 0 Å². The number of nitrogens with zero attached hydrogens (tertiary/aromatic N) is 3. The Labute approximate surface area is 172 Å². The molecule has 144 valence electrons. The largest absolute Gasteiger partial charge is 0.441 e. The predicted octanol–water partition coefficient (Wildman–Crippen LogP) is 5.19. The van der Waals surface area contributed by atoms with Gasteiger partial charge in [-0.05, 0) is 68.2 Å². The van der Waals surface area contributed by atoms with Crippen molar-refractivity contribution < 1.29 is 4.42 Å².